The van der Waals surface area contributed by atoms with E-state index in [4.69, 9.17) is 0 Å². The topological polar surface area (TPSA) is 101 Å². The molecule has 0 saturated heterocycles. The Morgan fingerprint density at radius 3 is 2.89 bits per heavy atom. The van der Waals surface area contributed by atoms with Gasteiger partial charge in [0.25, 0.3) is 0 Å². The summed E-state index contributed by atoms with van der Waals surface area (Å²) in [6.07, 6.45) is 1.72. The van der Waals surface area contributed by atoms with Crippen LogP contribution in [0.3, 0.4) is 0 Å². The summed E-state index contributed by atoms with van der Waals surface area (Å²) in [7, 11) is 1.57. The molecule has 1 aliphatic rings. The van der Waals surface area contributed by atoms with Gasteiger partial charge >= 0.3 is 5.69 Å². The molecule has 1 amide bonds. The van der Waals surface area contributed by atoms with Crippen molar-refractivity contribution in [1.82, 2.24) is 9.99 Å². The first-order valence-electron chi connectivity index (χ1n) is 5.66. The quantitative estimate of drug-likeness (QED) is 0.643. The minimum absolute atomic E-state index is 0.0548. The highest BCUT2D eigenvalue weighted by Crippen LogP contribution is 2.25. The lowest BCUT2D eigenvalue weighted by atomic mass is 10.2. The fraction of sp³-hybridized carbons (Fsp3) is 0.364. The van der Waals surface area contributed by atoms with Gasteiger partial charge < -0.3 is 5.32 Å². The van der Waals surface area contributed by atoms with Crippen LogP contribution in [0.5, 0.6) is 0 Å². The number of hydrogen-bond donors (Lipinski definition) is 1. The van der Waals surface area contributed by atoms with Crippen molar-refractivity contribution in [1.29, 1.82) is 0 Å². The van der Waals surface area contributed by atoms with Crippen molar-refractivity contribution in [2.45, 2.75) is 13.3 Å². The maximum atomic E-state index is 11.3. The summed E-state index contributed by atoms with van der Waals surface area (Å²) in [6.45, 7) is 1.91. The Bertz CT molecular complexity index is 569. The molecular formula is C11H13N5O3. The number of nitrogens with one attached hydrogen (secondary N) is 1. The molecule has 1 aromatic rings. The average molecular weight is 263 g/mol. The van der Waals surface area contributed by atoms with Gasteiger partial charge in [-0.2, -0.15) is 5.10 Å². The molecule has 100 valence electrons. The van der Waals surface area contributed by atoms with Crippen molar-refractivity contribution >= 4 is 23.1 Å². The predicted molar refractivity (Wildman–Crippen MR) is 68.9 cm³/mol. The number of nitrogens with zero attached hydrogens (tertiary/aromatic N) is 4. The minimum atomic E-state index is -0.474. The minimum Gasteiger partial charge on any atom is -0.359 e. The van der Waals surface area contributed by atoms with Crippen LogP contribution in [-0.2, 0) is 4.79 Å². The number of anilines is 1. The summed E-state index contributed by atoms with van der Waals surface area (Å²) in [5, 5.41) is 19.1. The van der Waals surface area contributed by atoms with E-state index in [9.17, 15) is 14.9 Å². The van der Waals surface area contributed by atoms with Gasteiger partial charge in [0, 0.05) is 18.8 Å². The lowest BCUT2D eigenvalue weighted by Gasteiger charge is -2.06. The summed E-state index contributed by atoms with van der Waals surface area (Å²) in [4.78, 5) is 25.7. The normalized spacial score (nSPS) is 14.5. The Morgan fingerprint density at radius 2 is 2.32 bits per heavy atom. The largest absolute Gasteiger partial charge is 0.359 e. The van der Waals surface area contributed by atoms with E-state index < -0.39 is 4.92 Å². The van der Waals surface area contributed by atoms with Crippen molar-refractivity contribution in [3.05, 3.63) is 27.9 Å². The van der Waals surface area contributed by atoms with Crippen LogP contribution in [0.1, 0.15) is 12.0 Å². The van der Waals surface area contributed by atoms with Gasteiger partial charge in [-0.3, -0.25) is 14.9 Å². The Balaban J connectivity index is 2.13. The number of aryl methyl sites for hydroxylation is 1. The number of aromatic nitrogens is 1. The van der Waals surface area contributed by atoms with E-state index in [1.54, 1.807) is 20.0 Å². The SMILES string of the molecule is Cc1ccnc(NCC2=NN(C)C(=O)C2)c1[N+](=O)[O-]. The smallest absolute Gasteiger partial charge is 0.314 e. The molecular weight excluding hydrogens is 250 g/mol. The molecule has 8 nitrogen and oxygen atoms in total. The third-order valence-corrected chi connectivity index (χ3v) is 2.78. The highest BCUT2D eigenvalue weighted by Gasteiger charge is 2.22. The van der Waals surface area contributed by atoms with Gasteiger partial charge in [-0.1, -0.05) is 0 Å². The van der Waals surface area contributed by atoms with E-state index in [0.717, 1.165) is 0 Å². The lowest BCUT2D eigenvalue weighted by molar-refractivity contribution is -0.384. The molecule has 0 fully saturated rings. The molecule has 0 radical (unpaired) electrons. The van der Waals surface area contributed by atoms with Gasteiger partial charge in [0.2, 0.25) is 11.7 Å². The van der Waals surface area contributed by atoms with E-state index in [1.165, 1.54) is 11.2 Å². The summed E-state index contributed by atoms with van der Waals surface area (Å²) in [5.74, 6) is 0.0956. The third-order valence-electron chi connectivity index (χ3n) is 2.78. The highest BCUT2D eigenvalue weighted by molar-refractivity contribution is 6.06. The number of pyridine rings is 1. The van der Waals surface area contributed by atoms with Gasteiger partial charge in [0.05, 0.1) is 23.6 Å². The fourth-order valence-electron chi connectivity index (χ4n) is 1.79. The van der Waals surface area contributed by atoms with Gasteiger partial charge in [0.1, 0.15) is 0 Å². The van der Waals surface area contributed by atoms with E-state index >= 15 is 0 Å². The lowest BCUT2D eigenvalue weighted by Crippen LogP contribution is -2.16. The Labute approximate surface area is 109 Å². The third kappa shape index (κ3) is 2.67. The summed E-state index contributed by atoms with van der Waals surface area (Å²) in [6, 6.07) is 1.58. The molecule has 0 bridgehead atoms. The predicted octanol–water partition coefficient (Wildman–Crippen LogP) is 0.928. The van der Waals surface area contributed by atoms with E-state index in [1.807, 2.05) is 0 Å². The monoisotopic (exact) mass is 263 g/mol. The highest BCUT2D eigenvalue weighted by atomic mass is 16.6. The fourth-order valence-corrected chi connectivity index (χ4v) is 1.79. The molecule has 1 N–H and O–H groups in total. The second-order valence-corrected chi connectivity index (χ2v) is 4.20. The van der Waals surface area contributed by atoms with Crippen LogP contribution in [-0.4, -0.2) is 40.1 Å². The number of hydrazone groups is 1. The molecule has 19 heavy (non-hydrogen) atoms. The zero-order chi connectivity index (χ0) is 14.0. The van der Waals surface area contributed by atoms with Crippen LogP contribution in [0.25, 0.3) is 0 Å². The first-order valence-corrected chi connectivity index (χ1v) is 5.66. The van der Waals surface area contributed by atoms with Crippen LogP contribution in [0.4, 0.5) is 11.5 Å². The number of carbonyl (C=O) groups is 1. The van der Waals surface area contributed by atoms with Crippen molar-refractivity contribution < 1.29 is 9.72 Å². The molecule has 2 heterocycles. The molecule has 1 aliphatic heterocycles. The standard InChI is InChI=1S/C11H13N5O3/c1-7-3-4-12-11(10(7)16(18)19)13-6-8-5-9(17)15(2)14-8/h3-4H,5-6H2,1-2H3,(H,12,13). The van der Waals surface area contributed by atoms with E-state index in [2.05, 4.69) is 15.4 Å². The van der Waals surface area contributed by atoms with E-state index in [-0.39, 0.29) is 30.4 Å². The van der Waals surface area contributed by atoms with Crippen molar-refractivity contribution in [2.75, 3.05) is 18.9 Å². The van der Waals surface area contributed by atoms with Crippen molar-refractivity contribution in [3.8, 4) is 0 Å². The van der Waals surface area contributed by atoms with Gasteiger partial charge in [-0.25, -0.2) is 9.99 Å². The molecule has 0 atom stereocenters. The first kappa shape index (κ1) is 12.9. The number of amides is 1. The molecule has 0 saturated carbocycles. The van der Waals surface area contributed by atoms with Crippen LogP contribution in [0, 0.1) is 17.0 Å². The second kappa shape index (κ2) is 5.01. The van der Waals surface area contributed by atoms with Gasteiger partial charge in [-0.05, 0) is 13.0 Å². The van der Waals surface area contributed by atoms with Crippen LogP contribution < -0.4 is 5.32 Å². The number of nitro groups is 1. The van der Waals surface area contributed by atoms with Gasteiger partial charge in [-0.15, -0.1) is 0 Å². The molecule has 0 aliphatic carbocycles. The van der Waals surface area contributed by atoms with Crippen LogP contribution in [0.2, 0.25) is 0 Å². The average Bonchev–Trinajstić information content (AvgIpc) is 2.65. The van der Waals surface area contributed by atoms with Gasteiger partial charge in [0.15, 0.2) is 0 Å². The molecule has 1 aromatic heterocycles. The molecule has 0 aromatic carbocycles. The zero-order valence-electron chi connectivity index (χ0n) is 10.6. The summed E-state index contributed by atoms with van der Waals surface area (Å²) >= 11 is 0. The molecule has 0 unspecified atom stereocenters. The van der Waals surface area contributed by atoms with Crippen LogP contribution >= 0.6 is 0 Å². The Morgan fingerprint density at radius 1 is 1.58 bits per heavy atom. The maximum absolute atomic E-state index is 11.3. The number of rotatable bonds is 4. The Hall–Kier alpha value is -2.51. The van der Waals surface area contributed by atoms with Crippen molar-refractivity contribution in [2.24, 2.45) is 5.10 Å². The Kier molecular flexibility index (Phi) is 3.41. The van der Waals surface area contributed by atoms with Crippen molar-refractivity contribution in [3.63, 3.8) is 0 Å². The summed E-state index contributed by atoms with van der Waals surface area (Å²) < 4.78 is 0. The number of hydrogen-bond acceptors (Lipinski definition) is 6. The van der Waals surface area contributed by atoms with E-state index in [0.29, 0.717) is 11.3 Å². The second-order valence-electron chi connectivity index (χ2n) is 4.20. The first-order chi connectivity index (χ1) is 8.99. The maximum Gasteiger partial charge on any atom is 0.314 e. The number of carbonyl (C=O) groups excluding carboxylic acids is 1. The summed E-state index contributed by atoms with van der Waals surface area (Å²) in [5.41, 5.74) is 1.11. The van der Waals surface area contributed by atoms with Crippen LogP contribution in [0.15, 0.2) is 17.4 Å². The molecule has 8 heteroatoms. The zero-order valence-corrected chi connectivity index (χ0v) is 10.6. The molecule has 2 rings (SSSR count). The molecule has 0 spiro atoms.